The summed E-state index contributed by atoms with van der Waals surface area (Å²) in [5.41, 5.74) is -1.39. The Kier molecular flexibility index (Phi) is 5.00. The molecule has 0 aromatic carbocycles. The second-order valence-corrected chi connectivity index (χ2v) is 6.92. The number of carboxylic acid groups (broad SMARTS) is 1. The Morgan fingerprint density at radius 3 is 2.73 bits per heavy atom. The summed E-state index contributed by atoms with van der Waals surface area (Å²) in [6.45, 7) is 0.362. The summed E-state index contributed by atoms with van der Waals surface area (Å²) in [7, 11) is 0. The molecular formula is C15H12N4O5S2. The number of aromatic amines is 1. The minimum absolute atomic E-state index is 0.0613. The maximum absolute atomic E-state index is 12.0. The predicted octanol–water partition coefficient (Wildman–Crippen LogP) is 2.29. The number of anilines is 1. The molecule has 3 heterocycles. The van der Waals surface area contributed by atoms with Gasteiger partial charge in [-0.05, 0) is 22.9 Å². The fourth-order valence-electron chi connectivity index (χ4n) is 2.06. The quantitative estimate of drug-likeness (QED) is 0.450. The van der Waals surface area contributed by atoms with E-state index in [0.717, 1.165) is 16.2 Å². The van der Waals surface area contributed by atoms with E-state index >= 15 is 0 Å². The molecule has 0 spiro atoms. The molecule has 5 N–H and O–H groups in total. The second-order valence-electron chi connectivity index (χ2n) is 4.97. The van der Waals surface area contributed by atoms with E-state index in [4.69, 9.17) is 5.11 Å². The number of aromatic hydroxyl groups is 1. The normalized spacial score (nSPS) is 10.5. The number of nitrogens with zero attached hydrogens (tertiary/aromatic N) is 1. The van der Waals surface area contributed by atoms with Crippen molar-refractivity contribution in [2.45, 2.75) is 6.54 Å². The van der Waals surface area contributed by atoms with Crippen LogP contribution in [0.15, 0.2) is 33.8 Å². The zero-order chi connectivity index (χ0) is 18.7. The highest BCUT2D eigenvalue weighted by Crippen LogP contribution is 2.31. The smallest absolute Gasteiger partial charge is 0.358 e. The highest BCUT2D eigenvalue weighted by atomic mass is 32.1. The summed E-state index contributed by atoms with van der Waals surface area (Å²) in [5, 5.41) is 27.4. The van der Waals surface area contributed by atoms with Gasteiger partial charge in [0.05, 0.1) is 17.1 Å². The maximum Gasteiger partial charge on any atom is 0.358 e. The molecule has 0 saturated carbocycles. The Bertz CT molecular complexity index is 1010. The minimum atomic E-state index is -1.53. The molecule has 11 heteroatoms. The van der Waals surface area contributed by atoms with Crippen molar-refractivity contribution in [2.24, 2.45) is 0 Å². The van der Waals surface area contributed by atoms with Gasteiger partial charge in [-0.3, -0.25) is 4.79 Å². The Morgan fingerprint density at radius 1 is 1.23 bits per heavy atom. The molecule has 26 heavy (non-hydrogen) atoms. The molecule has 0 unspecified atom stereocenters. The lowest BCUT2D eigenvalue weighted by Crippen LogP contribution is -2.28. The van der Waals surface area contributed by atoms with Crippen LogP contribution in [-0.2, 0) is 6.54 Å². The van der Waals surface area contributed by atoms with E-state index in [1.54, 1.807) is 11.4 Å². The van der Waals surface area contributed by atoms with Crippen LogP contribution < -0.4 is 16.2 Å². The second kappa shape index (κ2) is 7.37. The Labute approximate surface area is 154 Å². The van der Waals surface area contributed by atoms with Crippen LogP contribution in [0, 0.1) is 0 Å². The highest BCUT2D eigenvalue weighted by molar-refractivity contribution is 7.14. The number of rotatable bonds is 5. The lowest BCUT2D eigenvalue weighted by molar-refractivity contribution is 0.0686. The van der Waals surface area contributed by atoms with Crippen LogP contribution in [0.25, 0.3) is 10.7 Å². The number of carbonyl (C=O) groups excluding carboxylic acids is 1. The van der Waals surface area contributed by atoms with Gasteiger partial charge in [0.2, 0.25) is 5.75 Å². The first kappa shape index (κ1) is 17.6. The molecule has 0 saturated heterocycles. The van der Waals surface area contributed by atoms with Crippen LogP contribution in [0.5, 0.6) is 5.75 Å². The summed E-state index contributed by atoms with van der Waals surface area (Å²) in [5.74, 6) is -2.57. The van der Waals surface area contributed by atoms with E-state index in [0.29, 0.717) is 17.1 Å². The van der Waals surface area contributed by atoms with Crippen molar-refractivity contribution in [3.63, 3.8) is 0 Å². The molecule has 9 nitrogen and oxygen atoms in total. The number of hydrogen-bond donors (Lipinski definition) is 5. The number of aromatic carboxylic acids is 1. The molecule has 0 bridgehead atoms. The van der Waals surface area contributed by atoms with Gasteiger partial charge in [0.15, 0.2) is 11.5 Å². The van der Waals surface area contributed by atoms with Crippen LogP contribution in [0.2, 0.25) is 0 Å². The van der Waals surface area contributed by atoms with Crippen LogP contribution in [-0.4, -0.2) is 32.2 Å². The van der Waals surface area contributed by atoms with Gasteiger partial charge in [0.25, 0.3) is 5.56 Å². The summed E-state index contributed by atoms with van der Waals surface area (Å²) in [4.78, 5) is 42.3. The number of nitrogens with one attached hydrogen (secondary N) is 3. The predicted molar refractivity (Wildman–Crippen MR) is 97.0 cm³/mol. The number of carbonyl (C=O) groups is 2. The first-order valence-electron chi connectivity index (χ1n) is 7.17. The monoisotopic (exact) mass is 392 g/mol. The van der Waals surface area contributed by atoms with Gasteiger partial charge in [-0.25, -0.2) is 14.6 Å². The maximum atomic E-state index is 12.0. The SMILES string of the molecule is O=C(NCc1cccs1)Nc1ccsc1-c1nc(C(=O)O)c(O)c(=O)[nH]1. The van der Waals surface area contributed by atoms with Crippen molar-refractivity contribution in [2.75, 3.05) is 5.32 Å². The molecule has 0 aliphatic heterocycles. The van der Waals surface area contributed by atoms with E-state index in [9.17, 15) is 19.5 Å². The fraction of sp³-hybridized carbons (Fsp3) is 0.0667. The van der Waals surface area contributed by atoms with Gasteiger partial charge in [-0.2, -0.15) is 0 Å². The molecule has 0 fully saturated rings. The standard InChI is InChI=1S/C15H12N4O5S2/c20-10-9(14(22)23)18-12(19-13(10)21)11-8(3-5-26-11)17-15(24)16-6-7-2-1-4-25-7/h1-5,20H,6H2,(H,22,23)(H2,16,17,24)(H,18,19,21). The third-order valence-electron chi connectivity index (χ3n) is 3.23. The number of aromatic nitrogens is 2. The van der Waals surface area contributed by atoms with Gasteiger partial charge >= 0.3 is 12.0 Å². The van der Waals surface area contributed by atoms with Crippen LogP contribution >= 0.6 is 22.7 Å². The molecule has 134 valence electrons. The van der Waals surface area contributed by atoms with Crippen molar-refractivity contribution in [3.05, 3.63) is 49.9 Å². The van der Waals surface area contributed by atoms with Crippen molar-refractivity contribution in [3.8, 4) is 16.5 Å². The van der Waals surface area contributed by atoms with Crippen LogP contribution in [0.4, 0.5) is 10.5 Å². The third kappa shape index (κ3) is 3.73. The van der Waals surface area contributed by atoms with Crippen molar-refractivity contribution < 1.29 is 19.8 Å². The Hall–Kier alpha value is -3.18. The largest absolute Gasteiger partial charge is 0.501 e. The molecule has 3 rings (SSSR count). The number of urea groups is 1. The number of H-pyrrole nitrogens is 1. The van der Waals surface area contributed by atoms with Gasteiger partial charge in [0, 0.05) is 4.88 Å². The van der Waals surface area contributed by atoms with Gasteiger partial charge in [0.1, 0.15) is 0 Å². The molecule has 3 aromatic rings. The van der Waals surface area contributed by atoms with Gasteiger partial charge < -0.3 is 25.8 Å². The van der Waals surface area contributed by atoms with E-state index in [2.05, 4.69) is 20.6 Å². The van der Waals surface area contributed by atoms with Crippen molar-refractivity contribution >= 4 is 40.4 Å². The first-order valence-corrected chi connectivity index (χ1v) is 8.93. The van der Waals surface area contributed by atoms with Crippen molar-refractivity contribution in [1.82, 2.24) is 15.3 Å². The summed E-state index contributed by atoms with van der Waals surface area (Å²) >= 11 is 2.66. The zero-order valence-corrected chi connectivity index (χ0v) is 14.6. The number of hydrogen-bond acceptors (Lipinski definition) is 7. The first-order chi connectivity index (χ1) is 12.5. The Balaban J connectivity index is 1.81. The molecule has 3 aromatic heterocycles. The summed E-state index contributed by atoms with van der Waals surface area (Å²) in [6.07, 6.45) is 0. The summed E-state index contributed by atoms with van der Waals surface area (Å²) < 4.78 is 0. The van der Waals surface area contributed by atoms with Gasteiger partial charge in [-0.15, -0.1) is 22.7 Å². The molecule has 2 amide bonds. The third-order valence-corrected chi connectivity index (χ3v) is 5.03. The lowest BCUT2D eigenvalue weighted by atomic mass is 10.3. The number of carboxylic acids is 1. The van der Waals surface area contributed by atoms with E-state index in [1.165, 1.54) is 11.3 Å². The van der Waals surface area contributed by atoms with E-state index in [1.807, 2.05) is 17.5 Å². The number of thiophene rings is 2. The minimum Gasteiger partial charge on any atom is -0.501 e. The molecule has 0 atom stereocenters. The lowest BCUT2D eigenvalue weighted by Gasteiger charge is -2.08. The molecular weight excluding hydrogens is 380 g/mol. The van der Waals surface area contributed by atoms with E-state index in [-0.39, 0.29) is 5.82 Å². The molecule has 0 aliphatic carbocycles. The highest BCUT2D eigenvalue weighted by Gasteiger charge is 2.20. The average molecular weight is 392 g/mol. The molecule has 0 aliphatic rings. The van der Waals surface area contributed by atoms with Crippen LogP contribution in [0.3, 0.4) is 0 Å². The van der Waals surface area contributed by atoms with E-state index < -0.39 is 29.0 Å². The number of amides is 2. The average Bonchev–Trinajstić information content (AvgIpc) is 3.26. The van der Waals surface area contributed by atoms with Gasteiger partial charge in [-0.1, -0.05) is 6.07 Å². The van der Waals surface area contributed by atoms with Crippen molar-refractivity contribution in [1.29, 1.82) is 0 Å². The zero-order valence-electron chi connectivity index (χ0n) is 13.0. The topological polar surface area (TPSA) is 144 Å². The summed E-state index contributed by atoms with van der Waals surface area (Å²) in [6, 6.07) is 4.90. The van der Waals surface area contributed by atoms with Crippen LogP contribution in [0.1, 0.15) is 15.4 Å². The fourth-order valence-corrected chi connectivity index (χ4v) is 3.50. The Morgan fingerprint density at radius 2 is 2.04 bits per heavy atom. The molecule has 0 radical (unpaired) electrons.